The van der Waals surface area contributed by atoms with E-state index >= 15 is 0 Å². The number of hydrogen-bond donors (Lipinski definition) is 1. The van der Waals surface area contributed by atoms with Gasteiger partial charge in [-0.25, -0.2) is 14.2 Å². The molecule has 4 aromatic rings. The molecule has 8 nitrogen and oxygen atoms in total. The van der Waals surface area contributed by atoms with Gasteiger partial charge in [-0.3, -0.25) is 4.79 Å². The van der Waals surface area contributed by atoms with Gasteiger partial charge in [0.1, 0.15) is 5.82 Å². The molecule has 0 unspecified atom stereocenters. The summed E-state index contributed by atoms with van der Waals surface area (Å²) < 4.78 is 59.5. The van der Waals surface area contributed by atoms with Crippen molar-refractivity contribution in [2.45, 2.75) is 13.1 Å². The van der Waals surface area contributed by atoms with Gasteiger partial charge in [0.15, 0.2) is 5.69 Å². The van der Waals surface area contributed by atoms with Gasteiger partial charge in [0.05, 0.1) is 17.9 Å². The van der Waals surface area contributed by atoms with Gasteiger partial charge in [0, 0.05) is 11.3 Å². The topological polar surface area (TPSA) is 98.5 Å². The molecule has 1 amide bonds. The maximum absolute atomic E-state index is 13.7. The van der Waals surface area contributed by atoms with Crippen LogP contribution in [0.2, 0.25) is 0 Å². The van der Waals surface area contributed by atoms with Crippen molar-refractivity contribution in [3.63, 3.8) is 0 Å². The molecule has 12 heteroatoms. The summed E-state index contributed by atoms with van der Waals surface area (Å²) in [7, 11) is 0. The Hall–Kier alpha value is -4.35. The summed E-state index contributed by atoms with van der Waals surface area (Å²) >= 11 is 0. The highest BCUT2D eigenvalue weighted by Crippen LogP contribution is 2.32. The number of anilines is 1. The van der Waals surface area contributed by atoms with Crippen LogP contribution in [0.15, 0.2) is 54.6 Å². The van der Waals surface area contributed by atoms with Crippen LogP contribution < -0.4 is 5.32 Å². The number of esters is 1. The zero-order valence-electron chi connectivity index (χ0n) is 17.4. The van der Waals surface area contributed by atoms with Crippen molar-refractivity contribution < 1.29 is 31.9 Å². The largest absolute Gasteiger partial charge is 0.462 e. The summed E-state index contributed by atoms with van der Waals surface area (Å²) in [5.41, 5.74) is -0.577. The van der Waals surface area contributed by atoms with Crippen molar-refractivity contribution >= 4 is 23.3 Å². The van der Waals surface area contributed by atoms with Gasteiger partial charge in [0.25, 0.3) is 11.7 Å². The van der Waals surface area contributed by atoms with Crippen molar-refractivity contribution in [3.8, 4) is 11.3 Å². The number of nitrogens with one attached hydrogen (secondary N) is 1. The summed E-state index contributed by atoms with van der Waals surface area (Å²) in [6.45, 7) is 1.86. The van der Waals surface area contributed by atoms with E-state index in [2.05, 4.69) is 20.4 Å². The number of carbonyl (C=O) groups is 2. The predicted molar refractivity (Wildman–Crippen MR) is 112 cm³/mol. The number of amides is 1. The lowest BCUT2D eigenvalue weighted by Gasteiger charge is -2.10. The van der Waals surface area contributed by atoms with Gasteiger partial charge in [-0.1, -0.05) is 0 Å². The number of alkyl halides is 3. The molecule has 0 aliphatic rings. The van der Waals surface area contributed by atoms with E-state index in [1.165, 1.54) is 36.4 Å². The first-order valence-corrected chi connectivity index (χ1v) is 9.85. The molecule has 0 aliphatic heterocycles. The molecule has 1 N–H and O–H groups in total. The average Bonchev–Trinajstić information content (AvgIpc) is 3.23. The minimum atomic E-state index is -4.83. The van der Waals surface area contributed by atoms with E-state index in [-0.39, 0.29) is 29.1 Å². The molecule has 0 atom stereocenters. The quantitative estimate of drug-likeness (QED) is 0.341. The maximum atomic E-state index is 13.7. The highest BCUT2D eigenvalue weighted by molar-refractivity contribution is 6.02. The summed E-state index contributed by atoms with van der Waals surface area (Å²) in [6, 6.07) is 11.2. The predicted octanol–water partition coefficient (Wildman–Crippen LogP) is 4.38. The number of aromatic nitrogens is 4. The van der Waals surface area contributed by atoms with Gasteiger partial charge in [0.2, 0.25) is 5.82 Å². The molecule has 2 aromatic heterocycles. The fraction of sp³-hybridized carbons (Fsp3) is 0.136. The second-order valence-electron chi connectivity index (χ2n) is 6.93. The van der Waals surface area contributed by atoms with Crippen LogP contribution in [0.25, 0.3) is 17.0 Å². The highest BCUT2D eigenvalue weighted by atomic mass is 19.4. The summed E-state index contributed by atoms with van der Waals surface area (Å²) in [4.78, 5) is 32.2. The van der Waals surface area contributed by atoms with E-state index in [0.29, 0.717) is 4.52 Å². The second kappa shape index (κ2) is 8.89. The Labute approximate surface area is 189 Å². The van der Waals surface area contributed by atoms with Gasteiger partial charge >= 0.3 is 12.1 Å². The molecule has 4 rings (SSSR count). The van der Waals surface area contributed by atoms with Crippen LogP contribution in [0.1, 0.15) is 33.6 Å². The van der Waals surface area contributed by atoms with Crippen LogP contribution in [-0.4, -0.2) is 38.1 Å². The third-order valence-corrected chi connectivity index (χ3v) is 4.60. The minimum Gasteiger partial charge on any atom is -0.462 e. The van der Waals surface area contributed by atoms with Gasteiger partial charge in [-0.15, -0.1) is 5.10 Å². The molecule has 0 bridgehead atoms. The zero-order valence-corrected chi connectivity index (χ0v) is 17.4. The van der Waals surface area contributed by atoms with Gasteiger partial charge in [-0.05, 0) is 61.5 Å². The molecule has 34 heavy (non-hydrogen) atoms. The SMILES string of the molecule is CCOC(=O)c1ccc(NC(=O)c2nc3nc(-c4ccc(F)cc4)cc(C(F)(F)F)n3n2)cc1. The maximum Gasteiger partial charge on any atom is 0.433 e. The van der Waals surface area contributed by atoms with Crippen molar-refractivity contribution in [3.05, 3.63) is 77.5 Å². The lowest BCUT2D eigenvalue weighted by molar-refractivity contribution is -0.142. The fourth-order valence-electron chi connectivity index (χ4n) is 3.03. The first-order chi connectivity index (χ1) is 16.2. The van der Waals surface area contributed by atoms with Crippen LogP contribution in [-0.2, 0) is 10.9 Å². The minimum absolute atomic E-state index is 0.117. The lowest BCUT2D eigenvalue weighted by Crippen LogP contribution is -2.16. The van der Waals surface area contributed by atoms with E-state index in [9.17, 15) is 27.2 Å². The third-order valence-electron chi connectivity index (χ3n) is 4.60. The molecule has 2 aromatic carbocycles. The number of ether oxygens (including phenoxy) is 1. The number of fused-ring (bicyclic) bond motifs is 1. The fourth-order valence-corrected chi connectivity index (χ4v) is 3.03. The molecule has 0 radical (unpaired) electrons. The van der Waals surface area contributed by atoms with Crippen molar-refractivity contribution in [1.29, 1.82) is 0 Å². The molecule has 174 valence electrons. The van der Waals surface area contributed by atoms with E-state index in [1.807, 2.05) is 0 Å². The summed E-state index contributed by atoms with van der Waals surface area (Å²) in [5, 5.41) is 6.12. The van der Waals surface area contributed by atoms with Gasteiger partial charge < -0.3 is 10.1 Å². The summed E-state index contributed by atoms with van der Waals surface area (Å²) in [6.07, 6.45) is -4.83. The average molecular weight is 473 g/mol. The molecule has 0 fully saturated rings. The molecule has 0 saturated carbocycles. The Bertz CT molecular complexity index is 1370. The monoisotopic (exact) mass is 473 g/mol. The second-order valence-corrected chi connectivity index (χ2v) is 6.93. The number of benzene rings is 2. The smallest absolute Gasteiger partial charge is 0.433 e. The van der Waals surface area contributed by atoms with Crippen LogP contribution in [0.3, 0.4) is 0 Å². The van der Waals surface area contributed by atoms with E-state index in [0.717, 1.165) is 18.2 Å². The van der Waals surface area contributed by atoms with E-state index in [1.54, 1.807) is 6.92 Å². The number of carbonyl (C=O) groups excluding carboxylic acids is 2. The van der Waals surface area contributed by atoms with Crippen LogP contribution in [0, 0.1) is 5.82 Å². The standard InChI is InChI=1S/C22H15F4N5O3/c1-2-34-20(33)13-5-9-15(10-6-13)27-19(32)18-29-21-28-16(12-3-7-14(23)8-4-12)11-17(22(24,25)26)31(21)30-18/h3-11H,2H2,1H3,(H,27,32). The first-order valence-electron chi connectivity index (χ1n) is 9.85. The Kier molecular flexibility index (Phi) is 5.97. The zero-order chi connectivity index (χ0) is 24.5. The molecule has 0 aliphatic carbocycles. The molecular weight excluding hydrogens is 458 g/mol. The van der Waals surface area contributed by atoms with Crippen LogP contribution in [0.4, 0.5) is 23.2 Å². The number of hydrogen-bond acceptors (Lipinski definition) is 6. The number of nitrogens with zero attached hydrogens (tertiary/aromatic N) is 4. The Morgan fingerprint density at radius 1 is 1.03 bits per heavy atom. The Morgan fingerprint density at radius 2 is 1.71 bits per heavy atom. The van der Waals surface area contributed by atoms with Crippen molar-refractivity contribution in [1.82, 2.24) is 19.6 Å². The van der Waals surface area contributed by atoms with Gasteiger partial charge in [-0.2, -0.15) is 22.7 Å². The molecule has 0 saturated heterocycles. The Morgan fingerprint density at radius 3 is 2.32 bits per heavy atom. The van der Waals surface area contributed by atoms with Crippen LogP contribution >= 0.6 is 0 Å². The van der Waals surface area contributed by atoms with Crippen LogP contribution in [0.5, 0.6) is 0 Å². The van der Waals surface area contributed by atoms with E-state index < -0.39 is 41.2 Å². The Balaban J connectivity index is 1.66. The lowest BCUT2D eigenvalue weighted by atomic mass is 10.1. The molecular formula is C22H15F4N5O3. The highest BCUT2D eigenvalue weighted by Gasteiger charge is 2.36. The van der Waals surface area contributed by atoms with Crippen molar-refractivity contribution in [2.75, 3.05) is 11.9 Å². The summed E-state index contributed by atoms with van der Waals surface area (Å²) in [5.74, 6) is -2.99. The third kappa shape index (κ3) is 4.70. The number of halogens is 4. The molecule has 2 heterocycles. The van der Waals surface area contributed by atoms with E-state index in [4.69, 9.17) is 4.74 Å². The normalized spacial score (nSPS) is 11.4. The van der Waals surface area contributed by atoms with Crippen molar-refractivity contribution in [2.24, 2.45) is 0 Å². The first kappa shape index (κ1) is 22.8. The number of rotatable bonds is 5. The molecule has 0 spiro atoms.